The van der Waals surface area contributed by atoms with Gasteiger partial charge in [-0.1, -0.05) is 11.6 Å². The summed E-state index contributed by atoms with van der Waals surface area (Å²) in [7, 11) is 0. The van der Waals surface area contributed by atoms with Crippen molar-refractivity contribution in [1.29, 1.82) is 5.41 Å². The highest BCUT2D eigenvalue weighted by atomic mass is 35.5. The van der Waals surface area contributed by atoms with Gasteiger partial charge in [-0.15, -0.1) is 24.8 Å². The second kappa shape index (κ2) is 5.90. The zero-order valence-electron chi connectivity index (χ0n) is 6.88. The first kappa shape index (κ1) is 15.7. The number of halogens is 4. The summed E-state index contributed by atoms with van der Waals surface area (Å²) in [5.74, 6) is -1.06. The molecule has 1 aromatic carbocycles. The van der Waals surface area contributed by atoms with E-state index in [2.05, 4.69) is 0 Å². The summed E-state index contributed by atoms with van der Waals surface area (Å²) in [6.07, 6.45) is 0. The van der Waals surface area contributed by atoms with Crippen LogP contribution in [0.2, 0.25) is 5.02 Å². The van der Waals surface area contributed by atoms with E-state index < -0.39 is 11.7 Å². The molecule has 0 saturated heterocycles. The minimum Gasteiger partial charge on any atom is -0.397 e. The van der Waals surface area contributed by atoms with Gasteiger partial charge in [-0.05, 0) is 12.1 Å². The Morgan fingerprint density at radius 1 is 1.36 bits per heavy atom. The van der Waals surface area contributed by atoms with Gasteiger partial charge >= 0.3 is 0 Å². The van der Waals surface area contributed by atoms with Crippen molar-refractivity contribution in [3.8, 4) is 0 Å². The quantitative estimate of drug-likeness (QED) is 0.411. The smallest absolute Gasteiger partial charge is 0.136 e. The average Bonchev–Trinajstić information content (AvgIpc) is 1.97. The van der Waals surface area contributed by atoms with Crippen molar-refractivity contribution in [2.75, 3.05) is 5.73 Å². The van der Waals surface area contributed by atoms with Gasteiger partial charge in [-0.25, -0.2) is 4.39 Å². The Labute approximate surface area is 97.9 Å². The molecule has 0 unspecified atom stereocenters. The largest absolute Gasteiger partial charge is 0.397 e. The first-order valence-corrected chi connectivity index (χ1v) is 3.49. The molecule has 0 bridgehead atoms. The van der Waals surface area contributed by atoms with E-state index >= 15 is 0 Å². The van der Waals surface area contributed by atoms with Crippen LogP contribution in [-0.2, 0) is 0 Å². The molecule has 0 aromatic heterocycles. The standard InChI is InChI=1S/C7H7ClFN3.2ClH/c8-3-1-2-4(9)5(6(3)10)7(11)12;;/h1-2H,10H2,(H3,11,12);2*1H. The summed E-state index contributed by atoms with van der Waals surface area (Å²) in [6, 6.07) is 2.44. The van der Waals surface area contributed by atoms with Crippen LogP contribution < -0.4 is 11.5 Å². The van der Waals surface area contributed by atoms with Gasteiger partial charge in [0.2, 0.25) is 0 Å². The molecule has 1 rings (SSSR count). The Morgan fingerprint density at radius 3 is 2.21 bits per heavy atom. The molecule has 0 saturated carbocycles. The second-order valence-corrected chi connectivity index (χ2v) is 2.64. The van der Waals surface area contributed by atoms with Gasteiger partial charge in [0.25, 0.3) is 0 Å². The second-order valence-electron chi connectivity index (χ2n) is 2.23. The Kier molecular flexibility index (Phi) is 6.64. The highest BCUT2D eigenvalue weighted by Crippen LogP contribution is 2.24. The van der Waals surface area contributed by atoms with Gasteiger partial charge < -0.3 is 11.5 Å². The topological polar surface area (TPSA) is 75.9 Å². The SMILES string of the molecule is Cl.Cl.N=C(N)c1c(F)ccc(Cl)c1N. The van der Waals surface area contributed by atoms with Crippen LogP contribution in [0, 0.1) is 11.2 Å². The molecule has 0 aliphatic rings. The number of benzene rings is 1. The van der Waals surface area contributed by atoms with Crippen LogP contribution in [0.3, 0.4) is 0 Å². The summed E-state index contributed by atoms with van der Waals surface area (Å²) in [5.41, 5.74) is 10.3. The lowest BCUT2D eigenvalue weighted by molar-refractivity contribution is 0.625. The zero-order chi connectivity index (χ0) is 9.30. The third-order valence-electron chi connectivity index (χ3n) is 1.41. The van der Waals surface area contributed by atoms with Gasteiger partial charge in [0.1, 0.15) is 11.7 Å². The van der Waals surface area contributed by atoms with E-state index in [0.717, 1.165) is 6.07 Å². The van der Waals surface area contributed by atoms with Gasteiger partial charge in [-0.3, -0.25) is 5.41 Å². The van der Waals surface area contributed by atoms with Crippen LogP contribution in [0.1, 0.15) is 5.56 Å². The minimum absolute atomic E-state index is 0. The highest BCUT2D eigenvalue weighted by molar-refractivity contribution is 6.34. The molecule has 0 atom stereocenters. The van der Waals surface area contributed by atoms with Crippen LogP contribution in [-0.4, -0.2) is 5.84 Å². The summed E-state index contributed by atoms with van der Waals surface area (Å²) in [4.78, 5) is 0. The van der Waals surface area contributed by atoms with E-state index in [1.807, 2.05) is 0 Å². The summed E-state index contributed by atoms with van der Waals surface area (Å²) in [5, 5.41) is 7.21. The van der Waals surface area contributed by atoms with Crippen LogP contribution in [0.4, 0.5) is 10.1 Å². The van der Waals surface area contributed by atoms with E-state index in [4.69, 9.17) is 28.5 Å². The van der Waals surface area contributed by atoms with Gasteiger partial charge in [0, 0.05) is 0 Å². The Balaban J connectivity index is 0. The number of nitrogens with two attached hydrogens (primary N) is 2. The lowest BCUT2D eigenvalue weighted by Gasteiger charge is -2.05. The normalized spacial score (nSPS) is 8.43. The maximum absolute atomic E-state index is 12.9. The number of hydrogen-bond acceptors (Lipinski definition) is 2. The minimum atomic E-state index is -0.635. The fraction of sp³-hybridized carbons (Fsp3) is 0. The lowest BCUT2D eigenvalue weighted by atomic mass is 10.1. The molecule has 7 heteroatoms. The van der Waals surface area contributed by atoms with Crippen molar-refractivity contribution in [1.82, 2.24) is 0 Å². The molecule has 1 aromatic rings. The van der Waals surface area contributed by atoms with Crippen LogP contribution >= 0.6 is 36.4 Å². The monoisotopic (exact) mass is 259 g/mol. The van der Waals surface area contributed by atoms with Crippen molar-refractivity contribution >= 4 is 47.9 Å². The van der Waals surface area contributed by atoms with Crippen LogP contribution in [0.5, 0.6) is 0 Å². The fourth-order valence-electron chi connectivity index (χ4n) is 0.841. The molecular formula is C7H9Cl3FN3. The van der Waals surface area contributed by atoms with E-state index in [-0.39, 0.29) is 41.1 Å². The Hall–Kier alpha value is -0.710. The van der Waals surface area contributed by atoms with E-state index in [0.29, 0.717) is 0 Å². The Bertz CT molecular complexity index is 343. The van der Waals surface area contributed by atoms with Gasteiger partial charge in [0.15, 0.2) is 0 Å². The summed E-state index contributed by atoms with van der Waals surface area (Å²) < 4.78 is 12.9. The Morgan fingerprint density at radius 2 is 1.86 bits per heavy atom. The molecule has 0 aliphatic heterocycles. The first-order valence-electron chi connectivity index (χ1n) is 3.12. The zero-order valence-corrected chi connectivity index (χ0v) is 9.27. The summed E-state index contributed by atoms with van der Waals surface area (Å²) in [6.45, 7) is 0. The molecule has 0 fully saturated rings. The van der Waals surface area contributed by atoms with Crippen molar-refractivity contribution in [2.45, 2.75) is 0 Å². The molecule has 0 amide bonds. The van der Waals surface area contributed by atoms with Crippen molar-refractivity contribution < 1.29 is 4.39 Å². The van der Waals surface area contributed by atoms with E-state index in [9.17, 15) is 4.39 Å². The molecule has 5 N–H and O–H groups in total. The molecule has 0 aliphatic carbocycles. The number of nitrogen functional groups attached to an aromatic ring is 2. The summed E-state index contributed by atoms with van der Waals surface area (Å²) >= 11 is 5.59. The van der Waals surface area contributed by atoms with E-state index in [1.54, 1.807) is 0 Å². The van der Waals surface area contributed by atoms with Crippen LogP contribution in [0.25, 0.3) is 0 Å². The molecule has 14 heavy (non-hydrogen) atoms. The van der Waals surface area contributed by atoms with Crippen molar-refractivity contribution in [3.05, 3.63) is 28.5 Å². The van der Waals surface area contributed by atoms with Gasteiger partial charge in [-0.2, -0.15) is 0 Å². The number of rotatable bonds is 1. The van der Waals surface area contributed by atoms with Crippen LogP contribution in [0.15, 0.2) is 12.1 Å². The predicted molar refractivity (Wildman–Crippen MR) is 61.3 cm³/mol. The van der Waals surface area contributed by atoms with Gasteiger partial charge in [0.05, 0.1) is 16.3 Å². The first-order chi connectivity index (χ1) is 5.54. The van der Waals surface area contributed by atoms with Crippen molar-refractivity contribution in [3.63, 3.8) is 0 Å². The molecule has 0 spiro atoms. The number of nitrogens with one attached hydrogen (secondary N) is 1. The number of hydrogen-bond donors (Lipinski definition) is 3. The molecule has 3 nitrogen and oxygen atoms in total. The average molecular weight is 261 g/mol. The molecule has 0 heterocycles. The predicted octanol–water partition coefficient (Wildman–Crippen LogP) is 2.19. The molecule has 0 radical (unpaired) electrons. The third-order valence-corrected chi connectivity index (χ3v) is 1.74. The van der Waals surface area contributed by atoms with E-state index in [1.165, 1.54) is 6.07 Å². The maximum Gasteiger partial charge on any atom is 0.136 e. The number of anilines is 1. The van der Waals surface area contributed by atoms with Crippen molar-refractivity contribution in [2.24, 2.45) is 5.73 Å². The third kappa shape index (κ3) is 2.90. The lowest BCUT2D eigenvalue weighted by Crippen LogP contribution is -2.15. The number of amidine groups is 1. The maximum atomic E-state index is 12.9. The highest BCUT2D eigenvalue weighted by Gasteiger charge is 2.11. The molecule has 80 valence electrons. The molecular weight excluding hydrogens is 251 g/mol. The fourth-order valence-corrected chi connectivity index (χ4v) is 0.999.